The molecule has 1 saturated heterocycles. The van der Waals surface area contributed by atoms with E-state index in [-0.39, 0.29) is 6.10 Å². The van der Waals surface area contributed by atoms with Crippen molar-refractivity contribution >= 4 is 22.8 Å². The predicted molar refractivity (Wildman–Crippen MR) is 111 cm³/mol. The normalized spacial score (nSPS) is 19.7. The van der Waals surface area contributed by atoms with Gasteiger partial charge in [-0.3, -0.25) is 4.79 Å². The smallest absolute Gasteiger partial charge is 0.329 e. The molecule has 6 heteroatoms. The molecular weight excluding hydrogens is 364 g/mol. The lowest BCUT2D eigenvalue weighted by atomic mass is 9.97. The summed E-state index contributed by atoms with van der Waals surface area (Å²) in [7, 11) is 0. The number of fused-ring (bicyclic) bond motifs is 1. The number of ether oxygens (including phenoxy) is 1. The van der Waals surface area contributed by atoms with Gasteiger partial charge in [0.25, 0.3) is 0 Å². The fourth-order valence-electron chi connectivity index (χ4n) is 4.29. The Hall–Kier alpha value is -2.68. The highest BCUT2D eigenvalue weighted by molar-refractivity contribution is 5.85. The predicted octanol–water partition coefficient (Wildman–Crippen LogP) is 4.35. The highest BCUT2D eigenvalue weighted by atomic mass is 16.5. The van der Waals surface area contributed by atoms with Gasteiger partial charge in [0.05, 0.1) is 17.1 Å². The summed E-state index contributed by atoms with van der Waals surface area (Å²) in [5.41, 5.74) is 1.91. The summed E-state index contributed by atoms with van der Waals surface area (Å²) in [4.78, 5) is 24.7. The largest absolute Gasteiger partial charge is 0.461 e. The van der Waals surface area contributed by atoms with Gasteiger partial charge >= 0.3 is 5.97 Å². The molecule has 1 aliphatic heterocycles. The molecule has 0 spiro atoms. The standard InChI is InChI=1S/C23H28N4O2/c1-16-11-13-27(14-12-16)22-21(25-19-9-5-6-10-20(19)26-22)18(15-24)23(28)29-17-7-3-2-4-8-17/h5-6,9-10,16-18H,2-4,7-8,11-14H2,1H3/t18-/m0/s1. The summed E-state index contributed by atoms with van der Waals surface area (Å²) in [6, 6.07) is 9.77. The summed E-state index contributed by atoms with van der Waals surface area (Å²) in [5, 5.41) is 9.88. The van der Waals surface area contributed by atoms with Crippen molar-refractivity contribution in [1.29, 1.82) is 5.26 Å². The van der Waals surface area contributed by atoms with E-state index in [1.54, 1.807) is 0 Å². The van der Waals surface area contributed by atoms with E-state index in [0.29, 0.717) is 22.9 Å². The molecule has 2 heterocycles. The van der Waals surface area contributed by atoms with Gasteiger partial charge in [-0.2, -0.15) is 5.26 Å². The summed E-state index contributed by atoms with van der Waals surface area (Å²) >= 11 is 0. The van der Waals surface area contributed by atoms with Crippen molar-refractivity contribution in [2.45, 2.75) is 63.9 Å². The molecule has 1 aromatic heterocycles. The zero-order chi connectivity index (χ0) is 20.2. The van der Waals surface area contributed by atoms with Gasteiger partial charge in [0, 0.05) is 13.1 Å². The van der Waals surface area contributed by atoms with Gasteiger partial charge < -0.3 is 9.64 Å². The molecule has 0 amide bonds. The number of nitrogens with zero attached hydrogens (tertiary/aromatic N) is 4. The lowest BCUT2D eigenvalue weighted by molar-refractivity contribution is -0.150. The van der Waals surface area contributed by atoms with Crippen LogP contribution in [0.15, 0.2) is 24.3 Å². The minimum absolute atomic E-state index is 0.0835. The van der Waals surface area contributed by atoms with E-state index in [9.17, 15) is 10.1 Å². The zero-order valence-electron chi connectivity index (χ0n) is 17.0. The number of carbonyl (C=O) groups excluding carboxylic acids is 1. The first-order valence-electron chi connectivity index (χ1n) is 10.8. The molecule has 0 N–H and O–H groups in total. The van der Waals surface area contributed by atoms with Crippen molar-refractivity contribution < 1.29 is 9.53 Å². The van der Waals surface area contributed by atoms with Crippen LogP contribution in [0.1, 0.15) is 63.5 Å². The van der Waals surface area contributed by atoms with Gasteiger partial charge in [0.1, 0.15) is 11.8 Å². The molecule has 1 aromatic carbocycles. The number of benzene rings is 1. The third-order valence-electron chi connectivity index (χ3n) is 6.13. The SMILES string of the molecule is CC1CCN(c2nc3ccccc3nc2[C@H](C#N)C(=O)OC2CCCCC2)CC1. The summed E-state index contributed by atoms with van der Waals surface area (Å²) in [5.74, 6) is -0.215. The molecule has 4 rings (SSSR count). The summed E-state index contributed by atoms with van der Waals surface area (Å²) < 4.78 is 5.72. The topological polar surface area (TPSA) is 79.1 Å². The highest BCUT2D eigenvalue weighted by Gasteiger charge is 2.32. The molecule has 1 atom stereocenters. The average molecular weight is 393 g/mol. The van der Waals surface area contributed by atoms with Crippen molar-refractivity contribution in [1.82, 2.24) is 9.97 Å². The van der Waals surface area contributed by atoms with Crippen LogP contribution in [0.5, 0.6) is 0 Å². The second-order valence-corrected chi connectivity index (χ2v) is 8.35. The Morgan fingerprint density at radius 1 is 1.10 bits per heavy atom. The first-order chi connectivity index (χ1) is 14.2. The molecule has 2 aromatic rings. The van der Waals surface area contributed by atoms with E-state index >= 15 is 0 Å². The maximum atomic E-state index is 12.9. The lowest BCUT2D eigenvalue weighted by Gasteiger charge is -2.32. The Bertz CT molecular complexity index is 909. The number of hydrogen-bond acceptors (Lipinski definition) is 6. The minimum Gasteiger partial charge on any atom is -0.461 e. The molecule has 0 unspecified atom stereocenters. The Labute approximate surface area is 171 Å². The Balaban J connectivity index is 1.68. The second-order valence-electron chi connectivity index (χ2n) is 8.35. The number of esters is 1. The van der Waals surface area contributed by atoms with E-state index in [0.717, 1.165) is 57.1 Å². The Morgan fingerprint density at radius 3 is 2.41 bits per heavy atom. The third-order valence-corrected chi connectivity index (χ3v) is 6.13. The quantitative estimate of drug-likeness (QED) is 0.720. The molecular formula is C23H28N4O2. The number of aromatic nitrogens is 2. The maximum Gasteiger partial charge on any atom is 0.329 e. The van der Waals surface area contributed by atoms with Crippen LogP contribution >= 0.6 is 0 Å². The molecule has 1 aliphatic carbocycles. The van der Waals surface area contributed by atoms with Crippen LogP contribution in [0.4, 0.5) is 5.82 Å². The first kappa shape index (κ1) is 19.6. The van der Waals surface area contributed by atoms with Crippen LogP contribution in [-0.2, 0) is 9.53 Å². The van der Waals surface area contributed by atoms with Crippen molar-refractivity contribution in [3.8, 4) is 6.07 Å². The van der Waals surface area contributed by atoms with Gasteiger partial charge in [-0.05, 0) is 56.6 Å². The summed E-state index contributed by atoms with van der Waals surface area (Å²) in [6.45, 7) is 3.97. The highest BCUT2D eigenvalue weighted by Crippen LogP contribution is 2.31. The first-order valence-corrected chi connectivity index (χ1v) is 10.8. The molecule has 1 saturated carbocycles. The molecule has 29 heavy (non-hydrogen) atoms. The molecule has 2 aliphatic rings. The Morgan fingerprint density at radius 2 is 1.76 bits per heavy atom. The number of nitriles is 1. The molecule has 0 bridgehead atoms. The third kappa shape index (κ3) is 4.34. The fourth-order valence-corrected chi connectivity index (χ4v) is 4.29. The molecule has 2 fully saturated rings. The van der Waals surface area contributed by atoms with Gasteiger partial charge in [-0.15, -0.1) is 0 Å². The number of piperidine rings is 1. The lowest BCUT2D eigenvalue weighted by Crippen LogP contribution is -2.35. The number of carbonyl (C=O) groups is 1. The number of anilines is 1. The fraction of sp³-hybridized carbons (Fsp3) is 0.565. The van der Waals surface area contributed by atoms with Crippen LogP contribution in [0, 0.1) is 17.2 Å². The van der Waals surface area contributed by atoms with Gasteiger partial charge in [-0.25, -0.2) is 9.97 Å². The van der Waals surface area contributed by atoms with Crippen molar-refractivity contribution in [3.63, 3.8) is 0 Å². The zero-order valence-corrected chi connectivity index (χ0v) is 17.0. The van der Waals surface area contributed by atoms with E-state index in [1.807, 2.05) is 24.3 Å². The van der Waals surface area contributed by atoms with Gasteiger partial charge in [0.2, 0.25) is 0 Å². The van der Waals surface area contributed by atoms with E-state index in [4.69, 9.17) is 14.7 Å². The van der Waals surface area contributed by atoms with Crippen LogP contribution in [0.25, 0.3) is 11.0 Å². The number of hydrogen-bond donors (Lipinski definition) is 0. The molecule has 6 nitrogen and oxygen atoms in total. The van der Waals surface area contributed by atoms with Crippen LogP contribution in [-0.4, -0.2) is 35.1 Å². The minimum atomic E-state index is -1.05. The van der Waals surface area contributed by atoms with Crippen LogP contribution in [0.2, 0.25) is 0 Å². The maximum absolute atomic E-state index is 12.9. The summed E-state index contributed by atoms with van der Waals surface area (Å²) in [6.07, 6.45) is 7.14. The second kappa shape index (κ2) is 8.77. The van der Waals surface area contributed by atoms with Crippen molar-refractivity contribution in [2.24, 2.45) is 5.92 Å². The molecule has 0 radical (unpaired) electrons. The number of para-hydroxylation sites is 2. The number of rotatable bonds is 4. The van der Waals surface area contributed by atoms with E-state index < -0.39 is 11.9 Å². The monoisotopic (exact) mass is 392 g/mol. The Kier molecular flexibility index (Phi) is 5.94. The van der Waals surface area contributed by atoms with Crippen molar-refractivity contribution in [2.75, 3.05) is 18.0 Å². The van der Waals surface area contributed by atoms with Gasteiger partial charge in [0.15, 0.2) is 11.7 Å². The van der Waals surface area contributed by atoms with Crippen LogP contribution in [0.3, 0.4) is 0 Å². The average Bonchev–Trinajstić information content (AvgIpc) is 2.75. The van der Waals surface area contributed by atoms with Gasteiger partial charge in [-0.1, -0.05) is 25.5 Å². The van der Waals surface area contributed by atoms with E-state index in [1.165, 1.54) is 6.42 Å². The van der Waals surface area contributed by atoms with Crippen LogP contribution < -0.4 is 4.90 Å². The van der Waals surface area contributed by atoms with Crippen molar-refractivity contribution in [3.05, 3.63) is 30.0 Å². The molecule has 152 valence electrons. The van der Waals surface area contributed by atoms with E-state index in [2.05, 4.69) is 17.9 Å².